The molecule has 0 aromatic heterocycles. The third kappa shape index (κ3) is 6.89. The van der Waals surface area contributed by atoms with Gasteiger partial charge in [0.1, 0.15) is 18.0 Å². The molecule has 170 valence electrons. The van der Waals surface area contributed by atoms with Crippen molar-refractivity contribution in [3.8, 4) is 11.5 Å². The predicted octanol–water partition coefficient (Wildman–Crippen LogP) is 3.83. The van der Waals surface area contributed by atoms with Crippen molar-refractivity contribution in [2.24, 2.45) is 0 Å². The Morgan fingerprint density at radius 3 is 2.32 bits per heavy atom. The van der Waals surface area contributed by atoms with Gasteiger partial charge in [-0.1, -0.05) is 26.0 Å². The van der Waals surface area contributed by atoms with Crippen LogP contribution in [0.5, 0.6) is 11.5 Å². The number of nitrogens with zero attached hydrogens (tertiary/aromatic N) is 1. The fourth-order valence-corrected chi connectivity index (χ4v) is 4.09. The number of sulfonamides is 1. The second kappa shape index (κ2) is 11.0. The summed E-state index contributed by atoms with van der Waals surface area (Å²) in [7, 11) is -2.04. The van der Waals surface area contributed by atoms with Crippen LogP contribution in [0, 0.1) is 6.92 Å². The van der Waals surface area contributed by atoms with E-state index >= 15 is 0 Å². The molecule has 7 nitrogen and oxygen atoms in total. The molecule has 2 rings (SSSR count). The number of hydrogen-bond acceptors (Lipinski definition) is 5. The molecule has 1 N–H and O–H groups in total. The van der Waals surface area contributed by atoms with Gasteiger partial charge in [-0.15, -0.1) is 0 Å². The van der Waals surface area contributed by atoms with Gasteiger partial charge in [-0.25, -0.2) is 8.42 Å². The van der Waals surface area contributed by atoms with Crippen LogP contribution in [0.2, 0.25) is 0 Å². The number of carbonyl (C=O) groups excluding carboxylic acids is 1. The number of rotatable bonds is 11. The van der Waals surface area contributed by atoms with Gasteiger partial charge in [0.2, 0.25) is 15.9 Å². The van der Waals surface area contributed by atoms with Crippen molar-refractivity contribution in [3.05, 3.63) is 53.6 Å². The molecule has 0 unspecified atom stereocenters. The van der Waals surface area contributed by atoms with Crippen molar-refractivity contribution in [1.82, 2.24) is 5.32 Å². The summed E-state index contributed by atoms with van der Waals surface area (Å²) in [6, 6.07) is 12.2. The van der Waals surface area contributed by atoms with Crippen LogP contribution in [0.1, 0.15) is 43.9 Å². The number of aryl methyl sites for hydroxylation is 1. The number of carbonyl (C=O) groups is 1. The lowest BCUT2D eigenvalue weighted by atomic mass is 10.0. The highest BCUT2D eigenvalue weighted by Crippen LogP contribution is 2.25. The Bertz CT molecular complexity index is 974. The van der Waals surface area contributed by atoms with Gasteiger partial charge < -0.3 is 14.8 Å². The minimum absolute atomic E-state index is 0.233. The zero-order valence-electron chi connectivity index (χ0n) is 18.8. The maximum atomic E-state index is 12.8. The zero-order chi connectivity index (χ0) is 23.0. The molecule has 0 bridgehead atoms. The third-order valence-electron chi connectivity index (χ3n) is 4.85. The molecule has 0 spiro atoms. The summed E-state index contributed by atoms with van der Waals surface area (Å²) in [4.78, 5) is 12.8. The van der Waals surface area contributed by atoms with E-state index in [9.17, 15) is 13.2 Å². The van der Waals surface area contributed by atoms with Gasteiger partial charge in [0, 0.05) is 0 Å². The summed E-state index contributed by atoms with van der Waals surface area (Å²) >= 11 is 0. The fraction of sp³-hybridized carbons (Fsp3) is 0.435. The van der Waals surface area contributed by atoms with Gasteiger partial charge in [0.25, 0.3) is 0 Å². The smallest absolute Gasteiger partial charge is 0.241 e. The first-order chi connectivity index (χ1) is 14.7. The molecule has 1 atom stereocenters. The van der Waals surface area contributed by atoms with E-state index < -0.39 is 10.0 Å². The Hall–Kier alpha value is -2.74. The Morgan fingerprint density at radius 2 is 1.81 bits per heavy atom. The molecule has 31 heavy (non-hydrogen) atoms. The second-order valence-electron chi connectivity index (χ2n) is 7.37. The molecular formula is C23H32N2O5S. The number of hydrogen-bond donors (Lipinski definition) is 1. The van der Waals surface area contributed by atoms with E-state index in [2.05, 4.69) is 5.32 Å². The van der Waals surface area contributed by atoms with E-state index in [0.717, 1.165) is 33.9 Å². The maximum absolute atomic E-state index is 12.8. The van der Waals surface area contributed by atoms with Crippen LogP contribution in [0.15, 0.2) is 42.5 Å². The highest BCUT2D eigenvalue weighted by Gasteiger charge is 2.23. The van der Waals surface area contributed by atoms with Crippen LogP contribution >= 0.6 is 0 Å². The Balaban J connectivity index is 2.15. The number of nitrogens with one attached hydrogen (secondary N) is 1. The van der Waals surface area contributed by atoms with Gasteiger partial charge in [-0.05, 0) is 61.2 Å². The first kappa shape index (κ1) is 24.5. The Labute approximate surface area is 185 Å². The predicted molar refractivity (Wildman–Crippen MR) is 123 cm³/mol. The summed E-state index contributed by atoms with van der Waals surface area (Å²) in [5.74, 6) is 1.06. The number of methoxy groups -OCH3 is 1. The zero-order valence-corrected chi connectivity index (χ0v) is 19.7. The third-order valence-corrected chi connectivity index (χ3v) is 5.99. The van der Waals surface area contributed by atoms with Crippen LogP contribution in [0.3, 0.4) is 0 Å². The highest BCUT2D eigenvalue weighted by atomic mass is 32.2. The lowest BCUT2D eigenvalue weighted by molar-refractivity contribution is -0.120. The van der Waals surface area contributed by atoms with E-state index in [4.69, 9.17) is 9.47 Å². The van der Waals surface area contributed by atoms with E-state index in [0.29, 0.717) is 24.5 Å². The fourth-order valence-electron chi connectivity index (χ4n) is 3.24. The molecule has 0 aliphatic rings. The molecule has 0 heterocycles. The van der Waals surface area contributed by atoms with Crippen molar-refractivity contribution >= 4 is 21.6 Å². The highest BCUT2D eigenvalue weighted by molar-refractivity contribution is 7.92. The van der Waals surface area contributed by atoms with Crippen LogP contribution in [0.25, 0.3) is 0 Å². The molecule has 1 amide bonds. The lowest BCUT2D eigenvalue weighted by Gasteiger charge is -2.24. The molecule has 0 fully saturated rings. The average Bonchev–Trinajstić information content (AvgIpc) is 2.74. The van der Waals surface area contributed by atoms with Crippen molar-refractivity contribution in [1.29, 1.82) is 0 Å². The number of benzene rings is 2. The van der Waals surface area contributed by atoms with Crippen molar-refractivity contribution in [2.45, 2.75) is 39.7 Å². The number of ether oxygens (including phenoxy) is 2. The summed E-state index contributed by atoms with van der Waals surface area (Å²) in [5.41, 5.74) is 2.32. The van der Waals surface area contributed by atoms with Crippen molar-refractivity contribution in [3.63, 3.8) is 0 Å². The van der Waals surface area contributed by atoms with E-state index in [1.807, 2.05) is 39.0 Å². The largest absolute Gasteiger partial charge is 0.496 e. The molecule has 0 saturated carbocycles. The summed E-state index contributed by atoms with van der Waals surface area (Å²) in [6.45, 7) is 6.19. The van der Waals surface area contributed by atoms with Crippen LogP contribution < -0.4 is 19.1 Å². The first-order valence-corrected chi connectivity index (χ1v) is 12.2. The van der Waals surface area contributed by atoms with E-state index in [1.165, 1.54) is 0 Å². The Morgan fingerprint density at radius 1 is 1.13 bits per heavy atom. The molecule has 0 aliphatic carbocycles. The minimum atomic E-state index is -3.65. The summed E-state index contributed by atoms with van der Waals surface area (Å²) in [5, 5.41) is 2.95. The summed E-state index contributed by atoms with van der Waals surface area (Å²) < 4.78 is 36.7. The van der Waals surface area contributed by atoms with Crippen molar-refractivity contribution in [2.75, 3.05) is 30.8 Å². The molecule has 8 heteroatoms. The average molecular weight is 449 g/mol. The monoisotopic (exact) mass is 448 g/mol. The normalized spacial score (nSPS) is 12.2. The van der Waals surface area contributed by atoms with Gasteiger partial charge in [0.05, 0.1) is 31.7 Å². The van der Waals surface area contributed by atoms with Gasteiger partial charge in [0.15, 0.2) is 0 Å². The molecule has 2 aromatic rings. The first-order valence-electron chi connectivity index (χ1n) is 10.3. The maximum Gasteiger partial charge on any atom is 0.241 e. The van der Waals surface area contributed by atoms with Gasteiger partial charge in [-0.2, -0.15) is 0 Å². The van der Waals surface area contributed by atoms with E-state index in [-0.39, 0.29) is 18.5 Å². The minimum Gasteiger partial charge on any atom is -0.496 e. The molecular weight excluding hydrogens is 416 g/mol. The Kier molecular flexibility index (Phi) is 8.74. The lowest BCUT2D eigenvalue weighted by Crippen LogP contribution is -2.41. The SMILES string of the molecule is CCCOc1ccc(N(CC(=O)N[C@H](CC)c2ccc(OC)c(C)c2)S(C)(=O)=O)cc1. The molecule has 2 aromatic carbocycles. The van der Waals surface area contributed by atoms with Crippen LogP contribution in [-0.2, 0) is 14.8 Å². The van der Waals surface area contributed by atoms with Crippen molar-refractivity contribution < 1.29 is 22.7 Å². The van der Waals surface area contributed by atoms with Gasteiger partial charge >= 0.3 is 0 Å². The molecule has 0 aliphatic heterocycles. The van der Waals surface area contributed by atoms with E-state index in [1.54, 1.807) is 31.4 Å². The quantitative estimate of drug-likeness (QED) is 0.565. The number of amides is 1. The standard InChI is InChI=1S/C23H32N2O5S/c1-6-14-30-20-11-9-19(10-12-20)25(31(5,27)28)16-23(26)24-21(7-2)18-8-13-22(29-4)17(3)15-18/h8-13,15,21H,6-7,14,16H2,1-5H3,(H,24,26)/t21-/m1/s1. The topological polar surface area (TPSA) is 84.9 Å². The van der Waals surface area contributed by atoms with Crippen LogP contribution in [0.4, 0.5) is 5.69 Å². The number of anilines is 1. The molecule has 0 saturated heterocycles. The van der Waals surface area contributed by atoms with Crippen LogP contribution in [-0.4, -0.2) is 40.8 Å². The molecule has 0 radical (unpaired) electrons. The second-order valence-corrected chi connectivity index (χ2v) is 9.28. The summed E-state index contributed by atoms with van der Waals surface area (Å²) in [6.07, 6.45) is 2.63. The van der Waals surface area contributed by atoms with Gasteiger partial charge in [-0.3, -0.25) is 9.10 Å².